The standard InChI is InChI=1S/C21H26N4O2/c1-16-12-23(10-8-22-16)15-21(27)25-9-7-18-11-20(26)24(14-19(18)25)13-17-5-3-2-4-6-17/h2-6,11,14,16,22H,7-10,12-13,15H2,1H3/t16-/m1/s1. The fraction of sp³-hybridized carbons (Fsp3) is 0.429. The molecular formula is C21H26N4O2. The molecule has 1 aromatic heterocycles. The molecule has 27 heavy (non-hydrogen) atoms. The molecule has 0 unspecified atom stereocenters. The third-order valence-corrected chi connectivity index (χ3v) is 5.39. The molecule has 0 radical (unpaired) electrons. The normalized spacial score (nSPS) is 19.9. The molecule has 0 spiro atoms. The van der Waals surface area contributed by atoms with Crippen LogP contribution in [0.2, 0.25) is 0 Å². The molecule has 142 valence electrons. The Morgan fingerprint density at radius 3 is 2.81 bits per heavy atom. The molecule has 2 aromatic rings. The van der Waals surface area contributed by atoms with E-state index in [2.05, 4.69) is 17.1 Å². The van der Waals surface area contributed by atoms with E-state index in [1.54, 1.807) is 10.6 Å². The third-order valence-electron chi connectivity index (χ3n) is 5.39. The van der Waals surface area contributed by atoms with Crippen molar-refractivity contribution in [2.24, 2.45) is 0 Å². The topological polar surface area (TPSA) is 57.6 Å². The van der Waals surface area contributed by atoms with Crippen LogP contribution in [0, 0.1) is 0 Å². The average molecular weight is 366 g/mol. The van der Waals surface area contributed by atoms with Gasteiger partial charge in [0.2, 0.25) is 5.91 Å². The lowest BCUT2D eigenvalue weighted by atomic mass is 10.2. The van der Waals surface area contributed by atoms with E-state index in [1.807, 2.05) is 41.4 Å². The summed E-state index contributed by atoms with van der Waals surface area (Å²) in [5.41, 5.74) is 2.93. The first-order chi connectivity index (χ1) is 13.1. The molecule has 6 heteroatoms. The molecule has 1 atom stereocenters. The zero-order valence-corrected chi connectivity index (χ0v) is 15.7. The molecule has 1 aromatic carbocycles. The van der Waals surface area contributed by atoms with Crippen molar-refractivity contribution < 1.29 is 4.79 Å². The maximum absolute atomic E-state index is 12.9. The summed E-state index contributed by atoms with van der Waals surface area (Å²) >= 11 is 0. The summed E-state index contributed by atoms with van der Waals surface area (Å²) in [6.07, 6.45) is 2.61. The first-order valence-electron chi connectivity index (χ1n) is 9.63. The molecule has 1 saturated heterocycles. The summed E-state index contributed by atoms with van der Waals surface area (Å²) in [4.78, 5) is 29.4. The number of anilines is 1. The second-order valence-electron chi connectivity index (χ2n) is 7.52. The van der Waals surface area contributed by atoms with E-state index in [0.717, 1.165) is 42.9 Å². The molecule has 2 aliphatic rings. The van der Waals surface area contributed by atoms with Crippen LogP contribution in [0.25, 0.3) is 0 Å². The van der Waals surface area contributed by atoms with E-state index < -0.39 is 0 Å². The molecule has 6 nitrogen and oxygen atoms in total. The van der Waals surface area contributed by atoms with Crippen molar-refractivity contribution in [3.05, 3.63) is 64.1 Å². The third kappa shape index (κ3) is 3.96. The van der Waals surface area contributed by atoms with Crippen LogP contribution < -0.4 is 15.8 Å². The molecule has 4 rings (SSSR count). The lowest BCUT2D eigenvalue weighted by molar-refractivity contribution is -0.119. The van der Waals surface area contributed by atoms with Gasteiger partial charge in [-0.2, -0.15) is 0 Å². The van der Waals surface area contributed by atoms with Gasteiger partial charge in [-0.15, -0.1) is 0 Å². The van der Waals surface area contributed by atoms with Gasteiger partial charge in [0.25, 0.3) is 5.56 Å². The average Bonchev–Trinajstić information content (AvgIpc) is 3.05. The highest BCUT2D eigenvalue weighted by molar-refractivity contribution is 5.96. The van der Waals surface area contributed by atoms with Crippen LogP contribution in [0.5, 0.6) is 0 Å². The zero-order valence-electron chi connectivity index (χ0n) is 15.7. The summed E-state index contributed by atoms with van der Waals surface area (Å²) in [7, 11) is 0. The number of piperazine rings is 1. The van der Waals surface area contributed by atoms with Gasteiger partial charge in [-0.1, -0.05) is 30.3 Å². The minimum absolute atomic E-state index is 0.0113. The van der Waals surface area contributed by atoms with Crippen molar-refractivity contribution in [3.8, 4) is 0 Å². The molecule has 0 bridgehead atoms. The van der Waals surface area contributed by atoms with Crippen LogP contribution in [0.3, 0.4) is 0 Å². The molecule has 1 fully saturated rings. The number of nitrogens with one attached hydrogen (secondary N) is 1. The molecule has 3 heterocycles. The number of aromatic nitrogens is 1. The largest absolute Gasteiger partial charge is 0.312 e. The summed E-state index contributed by atoms with van der Waals surface area (Å²) in [5.74, 6) is 0.118. The summed E-state index contributed by atoms with van der Waals surface area (Å²) in [6, 6.07) is 12.0. The van der Waals surface area contributed by atoms with Gasteiger partial charge >= 0.3 is 0 Å². The Bertz CT molecular complexity index is 877. The van der Waals surface area contributed by atoms with Crippen molar-refractivity contribution >= 4 is 11.6 Å². The van der Waals surface area contributed by atoms with Gasteiger partial charge in [0.05, 0.1) is 18.8 Å². The minimum Gasteiger partial charge on any atom is -0.312 e. The Morgan fingerprint density at radius 2 is 2.04 bits per heavy atom. The highest BCUT2D eigenvalue weighted by atomic mass is 16.2. The van der Waals surface area contributed by atoms with E-state index in [0.29, 0.717) is 25.7 Å². The Hall–Kier alpha value is -2.44. The highest BCUT2D eigenvalue weighted by Gasteiger charge is 2.28. The van der Waals surface area contributed by atoms with Gasteiger partial charge in [-0.05, 0) is 24.5 Å². The fourth-order valence-electron chi connectivity index (χ4n) is 3.99. The number of fused-ring (bicyclic) bond motifs is 1. The van der Waals surface area contributed by atoms with E-state index in [4.69, 9.17) is 0 Å². The number of rotatable bonds is 4. The number of benzene rings is 1. The maximum Gasteiger partial charge on any atom is 0.251 e. The van der Waals surface area contributed by atoms with Crippen molar-refractivity contribution in [3.63, 3.8) is 0 Å². The summed E-state index contributed by atoms with van der Waals surface area (Å²) in [5, 5.41) is 3.40. The second kappa shape index (κ2) is 7.66. The van der Waals surface area contributed by atoms with Gasteiger partial charge in [0.1, 0.15) is 0 Å². The lowest BCUT2D eigenvalue weighted by Gasteiger charge is -2.32. The van der Waals surface area contributed by atoms with E-state index in [9.17, 15) is 9.59 Å². The first-order valence-corrected chi connectivity index (χ1v) is 9.63. The van der Waals surface area contributed by atoms with Crippen LogP contribution in [-0.2, 0) is 17.8 Å². The predicted octanol–water partition coefficient (Wildman–Crippen LogP) is 1.08. The number of hydrogen-bond acceptors (Lipinski definition) is 4. The molecule has 1 N–H and O–H groups in total. The van der Waals surface area contributed by atoms with Crippen LogP contribution in [-0.4, -0.2) is 54.1 Å². The van der Waals surface area contributed by atoms with Gasteiger partial charge in [-0.3, -0.25) is 14.5 Å². The molecular weight excluding hydrogens is 340 g/mol. The number of carbonyl (C=O) groups is 1. The first kappa shape index (κ1) is 17.9. The number of amides is 1. The summed E-state index contributed by atoms with van der Waals surface area (Å²) < 4.78 is 1.70. The Kier molecular flexibility index (Phi) is 5.09. The highest BCUT2D eigenvalue weighted by Crippen LogP contribution is 2.26. The Labute approximate surface area is 159 Å². The zero-order chi connectivity index (χ0) is 18.8. The minimum atomic E-state index is -0.0113. The van der Waals surface area contributed by atoms with Gasteiger partial charge in [-0.25, -0.2) is 0 Å². The van der Waals surface area contributed by atoms with Gasteiger partial charge < -0.3 is 14.8 Å². The molecule has 0 aliphatic carbocycles. The van der Waals surface area contributed by atoms with Crippen LogP contribution in [0.15, 0.2) is 47.4 Å². The van der Waals surface area contributed by atoms with Gasteiger partial charge in [0, 0.05) is 44.5 Å². The SMILES string of the molecule is C[C@@H]1CN(CC(=O)N2CCc3cc(=O)n(Cc4ccccc4)cc32)CCN1. The van der Waals surface area contributed by atoms with Crippen molar-refractivity contribution in [1.29, 1.82) is 0 Å². The predicted molar refractivity (Wildman–Crippen MR) is 106 cm³/mol. The van der Waals surface area contributed by atoms with Crippen molar-refractivity contribution in [1.82, 2.24) is 14.8 Å². The number of carbonyl (C=O) groups excluding carboxylic acids is 1. The Morgan fingerprint density at radius 1 is 1.22 bits per heavy atom. The lowest BCUT2D eigenvalue weighted by Crippen LogP contribution is -2.52. The second-order valence-corrected chi connectivity index (χ2v) is 7.52. The van der Waals surface area contributed by atoms with Crippen LogP contribution in [0.4, 0.5) is 5.69 Å². The van der Waals surface area contributed by atoms with E-state index in [1.165, 1.54) is 0 Å². The monoisotopic (exact) mass is 366 g/mol. The quantitative estimate of drug-likeness (QED) is 0.880. The molecule has 2 aliphatic heterocycles. The van der Waals surface area contributed by atoms with Crippen molar-refractivity contribution in [2.75, 3.05) is 37.6 Å². The van der Waals surface area contributed by atoms with E-state index in [-0.39, 0.29) is 11.5 Å². The summed E-state index contributed by atoms with van der Waals surface area (Å²) in [6.45, 7) is 6.45. The fourth-order valence-corrected chi connectivity index (χ4v) is 3.99. The Balaban J connectivity index is 1.52. The van der Waals surface area contributed by atoms with Crippen LogP contribution in [0.1, 0.15) is 18.1 Å². The van der Waals surface area contributed by atoms with Gasteiger partial charge in [0.15, 0.2) is 0 Å². The number of hydrogen-bond donors (Lipinski definition) is 1. The molecule has 1 amide bonds. The smallest absolute Gasteiger partial charge is 0.251 e. The van der Waals surface area contributed by atoms with E-state index >= 15 is 0 Å². The van der Waals surface area contributed by atoms with Crippen molar-refractivity contribution in [2.45, 2.75) is 25.9 Å². The number of nitrogens with zero attached hydrogens (tertiary/aromatic N) is 3. The molecule has 0 saturated carbocycles. The maximum atomic E-state index is 12.9. The van der Waals surface area contributed by atoms with Crippen LogP contribution >= 0.6 is 0 Å². The number of pyridine rings is 1.